The molecule has 3 aromatic carbocycles. The Balaban J connectivity index is 0.000000312. The van der Waals surface area contributed by atoms with Crippen LogP contribution >= 0.6 is 0 Å². The number of anilines is 1. The number of benzene rings is 3. The lowest BCUT2D eigenvalue weighted by Gasteiger charge is -2.14. The first-order valence-corrected chi connectivity index (χ1v) is 10.8. The number of hydrogen-bond donors (Lipinski definition) is 2. The highest BCUT2D eigenvalue weighted by molar-refractivity contribution is 5.97. The van der Waals surface area contributed by atoms with Gasteiger partial charge in [-0.15, -0.1) is 0 Å². The van der Waals surface area contributed by atoms with Crippen molar-refractivity contribution >= 4 is 11.6 Å². The molecule has 0 spiro atoms. The lowest BCUT2D eigenvalue weighted by atomic mass is 9.96. The first kappa shape index (κ1) is 24.2. The number of carbonyl (C=O) groups excluding carboxylic acids is 1. The van der Waals surface area contributed by atoms with Gasteiger partial charge in [0.15, 0.2) is 11.5 Å². The van der Waals surface area contributed by atoms with Crippen molar-refractivity contribution in [2.24, 2.45) is 5.41 Å². The molecule has 0 saturated heterocycles. The molecule has 1 heterocycles. The van der Waals surface area contributed by atoms with Crippen LogP contribution in [0.25, 0.3) is 11.1 Å². The summed E-state index contributed by atoms with van der Waals surface area (Å²) >= 11 is 0. The molecule has 1 aliphatic carbocycles. The summed E-state index contributed by atoms with van der Waals surface area (Å²) in [6, 6.07) is 17.6. The minimum absolute atomic E-state index is 0. The van der Waals surface area contributed by atoms with E-state index < -0.39 is 0 Å². The zero-order valence-corrected chi connectivity index (χ0v) is 19.0. The van der Waals surface area contributed by atoms with E-state index in [1.807, 2.05) is 75.4 Å². The molecular weight excluding hydrogens is 414 g/mol. The SMILES string of the molecule is C.Cc1ccc(NC(=O)C2(C)CC2)cc1-c1cc(C)c(O)c(C)c1.[HH].c1ccc2c(c1)OCO2. The Morgan fingerprint density at radius 1 is 0.939 bits per heavy atom. The van der Waals surface area contributed by atoms with Gasteiger partial charge < -0.3 is 19.9 Å². The summed E-state index contributed by atoms with van der Waals surface area (Å²) in [5.41, 5.74) is 5.64. The number of phenolic OH excluding ortho intramolecular Hbond substituents is 1. The monoisotopic (exact) mass is 449 g/mol. The van der Waals surface area contributed by atoms with Gasteiger partial charge in [-0.05, 0) is 97.8 Å². The first-order chi connectivity index (χ1) is 15.3. The van der Waals surface area contributed by atoms with Crippen molar-refractivity contribution in [3.63, 3.8) is 0 Å². The van der Waals surface area contributed by atoms with Crippen LogP contribution in [0.5, 0.6) is 17.2 Å². The quantitative estimate of drug-likeness (QED) is 0.451. The van der Waals surface area contributed by atoms with Gasteiger partial charge in [-0.1, -0.05) is 32.5 Å². The minimum Gasteiger partial charge on any atom is -0.507 e. The zero-order chi connectivity index (χ0) is 22.9. The Kier molecular flexibility index (Phi) is 7.01. The third kappa shape index (κ3) is 5.30. The van der Waals surface area contributed by atoms with E-state index in [4.69, 9.17) is 9.47 Å². The van der Waals surface area contributed by atoms with Crippen molar-refractivity contribution in [2.75, 3.05) is 12.1 Å². The van der Waals surface area contributed by atoms with Crippen molar-refractivity contribution in [1.29, 1.82) is 0 Å². The number of fused-ring (bicyclic) bond motifs is 1. The molecule has 0 radical (unpaired) electrons. The maximum atomic E-state index is 12.2. The largest absolute Gasteiger partial charge is 0.507 e. The van der Waals surface area contributed by atoms with E-state index in [1.54, 1.807) is 0 Å². The molecule has 0 atom stereocenters. The number of aromatic hydroxyl groups is 1. The van der Waals surface area contributed by atoms with Crippen molar-refractivity contribution in [2.45, 2.75) is 48.0 Å². The van der Waals surface area contributed by atoms with Gasteiger partial charge in [0.05, 0.1) is 0 Å². The molecule has 5 nitrogen and oxygen atoms in total. The van der Waals surface area contributed by atoms with Gasteiger partial charge in [-0.3, -0.25) is 4.79 Å². The Morgan fingerprint density at radius 2 is 1.52 bits per heavy atom. The summed E-state index contributed by atoms with van der Waals surface area (Å²) in [5, 5.41) is 13.0. The van der Waals surface area contributed by atoms with E-state index >= 15 is 0 Å². The summed E-state index contributed by atoms with van der Waals surface area (Å²) in [7, 11) is 0. The van der Waals surface area contributed by atoms with Crippen molar-refractivity contribution < 1.29 is 20.8 Å². The molecular formula is C28H35NO4. The molecule has 1 fully saturated rings. The van der Waals surface area contributed by atoms with Crippen LogP contribution in [-0.4, -0.2) is 17.8 Å². The smallest absolute Gasteiger partial charge is 0.231 e. The van der Waals surface area contributed by atoms with E-state index in [0.717, 1.165) is 57.8 Å². The van der Waals surface area contributed by atoms with Crippen LogP contribution in [-0.2, 0) is 4.79 Å². The second-order valence-corrected chi connectivity index (χ2v) is 8.86. The number of rotatable bonds is 3. The molecule has 0 aromatic heterocycles. The molecule has 3 aromatic rings. The fourth-order valence-electron chi connectivity index (χ4n) is 3.66. The average Bonchev–Trinajstić information content (AvgIpc) is 3.35. The molecule has 176 valence electrons. The Bertz CT molecular complexity index is 1120. The number of carbonyl (C=O) groups is 1. The highest BCUT2D eigenvalue weighted by Gasteiger charge is 2.44. The Labute approximate surface area is 197 Å². The van der Waals surface area contributed by atoms with Gasteiger partial charge in [0.25, 0.3) is 0 Å². The van der Waals surface area contributed by atoms with Gasteiger partial charge in [-0.25, -0.2) is 0 Å². The van der Waals surface area contributed by atoms with Crippen LogP contribution in [0.4, 0.5) is 5.69 Å². The number of hydrogen-bond acceptors (Lipinski definition) is 4. The fourth-order valence-corrected chi connectivity index (χ4v) is 3.66. The lowest BCUT2D eigenvalue weighted by molar-refractivity contribution is -0.120. The van der Waals surface area contributed by atoms with Gasteiger partial charge in [0.1, 0.15) is 5.75 Å². The zero-order valence-electron chi connectivity index (χ0n) is 19.0. The molecule has 1 aliphatic heterocycles. The van der Waals surface area contributed by atoms with Crippen LogP contribution < -0.4 is 14.8 Å². The summed E-state index contributed by atoms with van der Waals surface area (Å²) < 4.78 is 10.2. The number of para-hydroxylation sites is 2. The summed E-state index contributed by atoms with van der Waals surface area (Å²) in [5.74, 6) is 2.14. The van der Waals surface area contributed by atoms with Gasteiger partial charge in [0.2, 0.25) is 12.7 Å². The summed E-state index contributed by atoms with van der Waals surface area (Å²) in [6.07, 6.45) is 1.93. The van der Waals surface area contributed by atoms with Crippen LogP contribution in [0.15, 0.2) is 54.6 Å². The van der Waals surface area contributed by atoms with Gasteiger partial charge in [0, 0.05) is 12.5 Å². The molecule has 33 heavy (non-hydrogen) atoms. The van der Waals surface area contributed by atoms with Crippen molar-refractivity contribution in [3.8, 4) is 28.4 Å². The number of nitrogens with one attached hydrogen (secondary N) is 1. The minimum atomic E-state index is -0.184. The van der Waals surface area contributed by atoms with E-state index in [1.165, 1.54) is 0 Å². The predicted octanol–water partition coefficient (Wildman–Crippen LogP) is 7.02. The third-order valence-corrected chi connectivity index (χ3v) is 6.12. The standard InChI is InChI=1S/C20H23NO2.C7H6O2.CH4.H2/c1-12-5-6-16(21-19(23)20(4)7-8-20)11-17(12)15-9-13(2)18(22)14(3)10-15;1-2-4-7-6(3-1)8-5-9-7;;/h5-6,9-11,22H,7-8H2,1-4H3,(H,21,23);1-4H,5H2;1H4;1H. The third-order valence-electron chi connectivity index (χ3n) is 6.12. The van der Waals surface area contributed by atoms with Crippen molar-refractivity contribution in [3.05, 3.63) is 71.3 Å². The number of phenols is 1. The molecule has 2 aliphatic rings. The number of aryl methyl sites for hydroxylation is 3. The van der Waals surface area contributed by atoms with Gasteiger partial charge in [-0.2, -0.15) is 0 Å². The van der Waals surface area contributed by atoms with Crippen LogP contribution in [0.2, 0.25) is 0 Å². The highest BCUT2D eigenvalue weighted by atomic mass is 16.7. The molecule has 1 amide bonds. The molecule has 0 bridgehead atoms. The summed E-state index contributed by atoms with van der Waals surface area (Å²) in [4.78, 5) is 12.2. The highest BCUT2D eigenvalue weighted by Crippen LogP contribution is 2.46. The summed E-state index contributed by atoms with van der Waals surface area (Å²) in [6.45, 7) is 8.23. The predicted molar refractivity (Wildman–Crippen MR) is 135 cm³/mol. The molecule has 2 N–H and O–H groups in total. The molecule has 5 heteroatoms. The Hall–Kier alpha value is -3.47. The second-order valence-electron chi connectivity index (χ2n) is 8.86. The van der Waals surface area contributed by atoms with Crippen LogP contribution in [0, 0.1) is 26.2 Å². The topological polar surface area (TPSA) is 67.8 Å². The van der Waals surface area contributed by atoms with E-state index in [9.17, 15) is 9.90 Å². The molecule has 0 unspecified atom stereocenters. The number of amides is 1. The average molecular weight is 450 g/mol. The second kappa shape index (κ2) is 9.57. The van der Waals surface area contributed by atoms with Crippen LogP contribution in [0.3, 0.4) is 0 Å². The van der Waals surface area contributed by atoms with E-state index in [-0.39, 0.29) is 20.2 Å². The fraction of sp³-hybridized carbons (Fsp3) is 0.321. The van der Waals surface area contributed by atoms with Gasteiger partial charge >= 0.3 is 0 Å². The van der Waals surface area contributed by atoms with Crippen molar-refractivity contribution in [1.82, 2.24) is 0 Å². The number of ether oxygens (including phenoxy) is 2. The molecule has 5 rings (SSSR count). The lowest BCUT2D eigenvalue weighted by Crippen LogP contribution is -2.21. The maximum absolute atomic E-state index is 12.2. The van der Waals surface area contributed by atoms with E-state index in [0.29, 0.717) is 12.5 Å². The van der Waals surface area contributed by atoms with Crippen LogP contribution in [0.1, 0.15) is 45.3 Å². The molecule has 1 saturated carbocycles. The normalized spacial score (nSPS) is 14.4. The maximum Gasteiger partial charge on any atom is 0.231 e. The Morgan fingerprint density at radius 3 is 2.06 bits per heavy atom. The van der Waals surface area contributed by atoms with E-state index in [2.05, 4.69) is 12.2 Å². The first-order valence-electron chi connectivity index (χ1n) is 10.8.